The third kappa shape index (κ3) is 3.75. The number of aliphatic hydroxyl groups excluding tert-OH is 1. The number of aromatic nitrogens is 2. The van der Waals surface area contributed by atoms with E-state index in [2.05, 4.69) is 15.0 Å². The van der Waals surface area contributed by atoms with Gasteiger partial charge in [0.2, 0.25) is 5.78 Å². The van der Waals surface area contributed by atoms with E-state index < -0.39 is 17.1 Å². The summed E-state index contributed by atoms with van der Waals surface area (Å²) in [5, 5.41) is 13.6. The molecule has 0 unspecified atom stereocenters. The highest BCUT2D eigenvalue weighted by atomic mass is 16.6. The number of Topliss-reactive ketones (excluding diaryl/α,β-unsaturated/α-hetero) is 2. The summed E-state index contributed by atoms with van der Waals surface area (Å²) in [4.78, 5) is 46.9. The fourth-order valence-electron chi connectivity index (χ4n) is 3.04. The molecule has 0 atom stereocenters. The molecule has 0 saturated heterocycles. The zero-order chi connectivity index (χ0) is 20.1. The van der Waals surface area contributed by atoms with Gasteiger partial charge in [-0.3, -0.25) is 19.0 Å². The number of hydrogen-bond acceptors (Lipinski definition) is 7. The van der Waals surface area contributed by atoms with E-state index in [0.717, 1.165) is 6.20 Å². The number of nitrogens with zero attached hydrogens (tertiary/aromatic N) is 3. The molecule has 0 radical (unpaired) electrons. The Hall–Kier alpha value is -3.55. The van der Waals surface area contributed by atoms with Crippen LogP contribution in [0.15, 0.2) is 57.8 Å². The molecule has 0 saturated carbocycles. The first-order valence-corrected chi connectivity index (χ1v) is 8.74. The molecule has 1 aliphatic carbocycles. The molecule has 1 aliphatic rings. The van der Waals surface area contributed by atoms with E-state index in [-0.39, 0.29) is 36.3 Å². The zero-order valence-electron chi connectivity index (χ0n) is 15.3. The van der Waals surface area contributed by atoms with Gasteiger partial charge in [0.1, 0.15) is 29.8 Å². The van der Waals surface area contributed by atoms with Crippen LogP contribution < -0.4 is 5.56 Å². The first-order valence-electron chi connectivity index (χ1n) is 8.74. The second-order valence-corrected chi connectivity index (χ2v) is 6.18. The second kappa shape index (κ2) is 8.43. The van der Waals surface area contributed by atoms with Gasteiger partial charge < -0.3 is 9.94 Å². The number of ketones is 2. The van der Waals surface area contributed by atoms with Crippen LogP contribution in [0.1, 0.15) is 29.6 Å². The van der Waals surface area contributed by atoms with Crippen molar-refractivity contribution in [2.75, 3.05) is 7.11 Å². The van der Waals surface area contributed by atoms with E-state index >= 15 is 0 Å². The third-order valence-electron chi connectivity index (χ3n) is 4.38. The highest BCUT2D eigenvalue weighted by Gasteiger charge is 2.30. The van der Waals surface area contributed by atoms with E-state index in [9.17, 15) is 19.5 Å². The minimum absolute atomic E-state index is 0.0179. The van der Waals surface area contributed by atoms with E-state index in [0.29, 0.717) is 17.8 Å². The number of benzene rings is 1. The molecule has 0 aliphatic heterocycles. The predicted octanol–water partition coefficient (Wildman–Crippen LogP) is 2.29. The molecule has 3 rings (SSSR count). The van der Waals surface area contributed by atoms with Crippen molar-refractivity contribution in [3.8, 4) is 11.4 Å². The molecular weight excluding hydrogens is 362 g/mol. The van der Waals surface area contributed by atoms with Crippen molar-refractivity contribution in [1.29, 1.82) is 0 Å². The molecule has 1 N–H and O–H groups in total. The van der Waals surface area contributed by atoms with Gasteiger partial charge in [0.05, 0.1) is 12.8 Å². The zero-order valence-corrected chi connectivity index (χ0v) is 15.3. The van der Waals surface area contributed by atoms with E-state index in [4.69, 9.17) is 0 Å². The molecule has 8 heteroatoms. The van der Waals surface area contributed by atoms with Gasteiger partial charge in [0, 0.05) is 24.6 Å². The molecule has 0 amide bonds. The number of allylic oxidation sites excluding steroid dienone is 2. The van der Waals surface area contributed by atoms with Crippen LogP contribution in [0.5, 0.6) is 0 Å². The molecule has 8 nitrogen and oxygen atoms in total. The average Bonchev–Trinajstić information content (AvgIpc) is 2.69. The minimum atomic E-state index is -0.809. The van der Waals surface area contributed by atoms with Gasteiger partial charge in [0.25, 0.3) is 5.56 Å². The van der Waals surface area contributed by atoms with Crippen LogP contribution in [-0.4, -0.2) is 39.5 Å². The van der Waals surface area contributed by atoms with Crippen LogP contribution >= 0.6 is 0 Å². The maximum Gasteiger partial charge on any atom is 0.265 e. The van der Waals surface area contributed by atoms with Crippen LogP contribution in [0.2, 0.25) is 0 Å². The van der Waals surface area contributed by atoms with Crippen molar-refractivity contribution in [1.82, 2.24) is 9.55 Å². The fraction of sp³-hybridized carbons (Fsp3) is 0.250. The molecule has 0 fully saturated rings. The second-order valence-electron chi connectivity index (χ2n) is 6.18. The Bertz CT molecular complexity index is 1020. The Kier molecular flexibility index (Phi) is 5.78. The number of carbonyl (C=O) groups excluding carboxylic acids is 2. The van der Waals surface area contributed by atoms with E-state index in [1.807, 2.05) is 6.07 Å². The first kappa shape index (κ1) is 19.2. The number of hydrogen-bond donors (Lipinski definition) is 1. The number of rotatable bonds is 6. The maximum atomic E-state index is 13.0. The molecule has 1 aromatic heterocycles. The van der Waals surface area contributed by atoms with Gasteiger partial charge in [-0.1, -0.05) is 35.5 Å². The topological polar surface area (TPSA) is 111 Å². The summed E-state index contributed by atoms with van der Waals surface area (Å²) in [5.41, 5.74) is -0.544. The number of oxime groups is 1. The van der Waals surface area contributed by atoms with Gasteiger partial charge >= 0.3 is 0 Å². The smallest absolute Gasteiger partial charge is 0.265 e. The highest BCUT2D eigenvalue weighted by Crippen LogP contribution is 2.23. The Labute approximate surface area is 160 Å². The maximum absolute atomic E-state index is 13.0. The lowest BCUT2D eigenvalue weighted by Crippen LogP contribution is -2.31. The third-order valence-corrected chi connectivity index (χ3v) is 4.38. The van der Waals surface area contributed by atoms with Crippen molar-refractivity contribution in [3.63, 3.8) is 0 Å². The Balaban J connectivity index is 2.13. The normalized spacial score (nSPS) is 14.5. The van der Waals surface area contributed by atoms with Crippen LogP contribution in [0.25, 0.3) is 11.4 Å². The molecule has 1 heterocycles. The average molecular weight is 381 g/mol. The molecular formula is C20H19N3O5. The van der Waals surface area contributed by atoms with Gasteiger partial charge in [0.15, 0.2) is 5.78 Å². The first-order chi connectivity index (χ1) is 13.5. The monoisotopic (exact) mass is 381 g/mol. The van der Waals surface area contributed by atoms with Crippen molar-refractivity contribution in [3.05, 3.63) is 63.8 Å². The van der Waals surface area contributed by atoms with Crippen molar-refractivity contribution >= 4 is 17.8 Å². The summed E-state index contributed by atoms with van der Waals surface area (Å²) in [6.07, 6.45) is 3.39. The van der Waals surface area contributed by atoms with Crippen LogP contribution in [0.3, 0.4) is 0 Å². The lowest BCUT2D eigenvalue weighted by molar-refractivity contribution is -0.116. The van der Waals surface area contributed by atoms with Gasteiger partial charge in [-0.2, -0.15) is 0 Å². The molecule has 28 heavy (non-hydrogen) atoms. The van der Waals surface area contributed by atoms with Gasteiger partial charge in [-0.25, -0.2) is 4.98 Å². The van der Waals surface area contributed by atoms with Crippen molar-refractivity contribution in [2.24, 2.45) is 5.16 Å². The minimum Gasteiger partial charge on any atom is -0.511 e. The van der Waals surface area contributed by atoms with Gasteiger partial charge in [-0.15, -0.1) is 0 Å². The van der Waals surface area contributed by atoms with Crippen LogP contribution in [-0.2, 0) is 16.2 Å². The Morgan fingerprint density at radius 3 is 2.71 bits per heavy atom. The van der Waals surface area contributed by atoms with E-state index in [1.54, 1.807) is 24.3 Å². The molecule has 0 spiro atoms. The lowest BCUT2D eigenvalue weighted by atomic mass is 9.91. The quantitative estimate of drug-likeness (QED) is 0.356. The fourth-order valence-corrected chi connectivity index (χ4v) is 3.04. The number of aliphatic hydroxyl groups is 1. The van der Waals surface area contributed by atoms with Crippen LogP contribution in [0, 0.1) is 0 Å². The summed E-state index contributed by atoms with van der Waals surface area (Å²) in [6, 6.07) is 9.01. The highest BCUT2D eigenvalue weighted by molar-refractivity contribution is 6.26. The SMILES string of the molecule is CON=CCn1c(-c2ccccc2)ncc(C(=O)C2=C(O)CCCC2=O)c1=O. The molecule has 0 bridgehead atoms. The standard InChI is InChI=1S/C20H19N3O5/c1-28-22-10-11-23-19(13-6-3-2-4-7-13)21-12-14(20(23)27)18(26)17-15(24)8-5-9-16(17)25/h2-4,6-7,10,12,24H,5,8-9,11H2,1H3. The summed E-state index contributed by atoms with van der Waals surface area (Å²) in [7, 11) is 1.37. The summed E-state index contributed by atoms with van der Waals surface area (Å²) in [5.74, 6) is -1.21. The molecule has 144 valence electrons. The van der Waals surface area contributed by atoms with E-state index in [1.165, 1.54) is 17.9 Å². The number of carbonyl (C=O) groups is 2. The summed E-state index contributed by atoms with van der Waals surface area (Å²) >= 11 is 0. The van der Waals surface area contributed by atoms with Gasteiger partial charge in [-0.05, 0) is 6.42 Å². The summed E-state index contributed by atoms with van der Waals surface area (Å²) in [6.45, 7) is 0.0179. The van der Waals surface area contributed by atoms with Crippen molar-refractivity contribution in [2.45, 2.75) is 25.8 Å². The molecule has 1 aromatic carbocycles. The van der Waals surface area contributed by atoms with Crippen LogP contribution in [0.4, 0.5) is 0 Å². The summed E-state index contributed by atoms with van der Waals surface area (Å²) < 4.78 is 1.27. The van der Waals surface area contributed by atoms with Crippen molar-refractivity contribution < 1.29 is 19.5 Å². The Morgan fingerprint density at radius 1 is 1.29 bits per heavy atom. The largest absolute Gasteiger partial charge is 0.511 e. The Morgan fingerprint density at radius 2 is 2.04 bits per heavy atom. The molecule has 2 aromatic rings. The predicted molar refractivity (Wildman–Crippen MR) is 102 cm³/mol. The lowest BCUT2D eigenvalue weighted by Gasteiger charge is -2.15.